The van der Waals surface area contributed by atoms with Crippen LogP contribution in [-0.2, 0) is 19.1 Å². The van der Waals surface area contributed by atoms with Crippen LogP contribution in [0.2, 0.25) is 0 Å². The van der Waals surface area contributed by atoms with Crippen molar-refractivity contribution in [2.75, 3.05) is 6.61 Å². The second-order valence-electron chi connectivity index (χ2n) is 8.85. The van der Waals surface area contributed by atoms with Gasteiger partial charge < -0.3 is 14.8 Å². The topological polar surface area (TPSA) is 128 Å². The molecule has 0 aliphatic carbocycles. The lowest BCUT2D eigenvalue weighted by Crippen LogP contribution is -2.68. The molecule has 0 radical (unpaired) electrons. The van der Waals surface area contributed by atoms with Gasteiger partial charge in [-0.2, -0.15) is 0 Å². The molecule has 0 unspecified atom stereocenters. The number of fused-ring (bicyclic) bond motifs is 1. The normalized spacial score (nSPS) is 19.1. The molecule has 2 aliphatic rings. The molecule has 1 fully saturated rings. The molecule has 2 heterocycles. The molecule has 1 N–H and O–H groups in total. The maximum atomic E-state index is 13.0. The second-order valence-corrected chi connectivity index (χ2v) is 9.97. The molecule has 10 nitrogen and oxygen atoms in total. The number of nitrogens with one attached hydrogen (secondary N) is 1. The summed E-state index contributed by atoms with van der Waals surface area (Å²) in [6.07, 6.45) is 0. The number of rotatable bonds is 7. The number of para-hydroxylation sites is 1. The van der Waals surface area contributed by atoms with E-state index in [-0.39, 0.29) is 18.0 Å². The molecule has 0 spiro atoms. The average molecular weight is 498 g/mol. The highest BCUT2D eigenvalue weighted by molar-refractivity contribution is 8.09. The highest BCUT2D eigenvalue weighted by Gasteiger charge is 2.57. The second kappa shape index (κ2) is 9.41. The van der Waals surface area contributed by atoms with Crippen LogP contribution in [0.15, 0.2) is 60.3 Å². The van der Waals surface area contributed by atoms with Gasteiger partial charge in [0.1, 0.15) is 28.5 Å². The maximum Gasteiger partial charge on any atom is 0.356 e. The average Bonchev–Trinajstić information content (AvgIpc) is 3.17. The number of β-lactam (4-membered cyclic amide) rings is 1. The molecule has 2 aromatic carbocycles. The number of carbonyl (C=O) groups is 3. The van der Waals surface area contributed by atoms with Crippen molar-refractivity contribution >= 4 is 40.1 Å². The van der Waals surface area contributed by atoms with Gasteiger partial charge in [-0.1, -0.05) is 30.0 Å². The van der Waals surface area contributed by atoms with Crippen LogP contribution in [0.3, 0.4) is 0 Å². The van der Waals surface area contributed by atoms with Gasteiger partial charge in [0.15, 0.2) is 6.61 Å². The van der Waals surface area contributed by atoms with Crippen LogP contribution in [0.4, 0.5) is 5.69 Å². The summed E-state index contributed by atoms with van der Waals surface area (Å²) in [5.74, 6) is -1.09. The van der Waals surface area contributed by atoms with Gasteiger partial charge >= 0.3 is 5.97 Å². The van der Waals surface area contributed by atoms with Crippen molar-refractivity contribution in [1.29, 1.82) is 0 Å². The number of non-ortho nitro benzene ring substituents is 1. The first kappa shape index (κ1) is 24.3. The summed E-state index contributed by atoms with van der Waals surface area (Å²) in [5, 5.41) is 13.1. The molecule has 2 amide bonds. The molecule has 2 atom stereocenters. The Kier molecular flexibility index (Phi) is 6.53. The predicted molar refractivity (Wildman–Crippen MR) is 128 cm³/mol. The highest BCUT2D eigenvalue weighted by atomic mass is 32.2. The number of thioether (sulfide) groups is 1. The van der Waals surface area contributed by atoms with E-state index in [9.17, 15) is 24.5 Å². The van der Waals surface area contributed by atoms with Crippen LogP contribution in [0, 0.1) is 10.1 Å². The van der Waals surface area contributed by atoms with E-state index in [1.54, 1.807) is 45.0 Å². The number of nitrogens with zero attached hydrogens (tertiary/aromatic N) is 2. The van der Waals surface area contributed by atoms with Crippen molar-refractivity contribution in [3.8, 4) is 5.75 Å². The number of nitro groups is 1. The van der Waals surface area contributed by atoms with Gasteiger partial charge in [-0.05, 0) is 50.6 Å². The van der Waals surface area contributed by atoms with Gasteiger partial charge in [0, 0.05) is 17.0 Å². The first-order valence-electron chi connectivity index (χ1n) is 10.7. The third kappa shape index (κ3) is 5.14. The first-order chi connectivity index (χ1) is 16.5. The zero-order valence-electron chi connectivity index (χ0n) is 19.2. The largest absolute Gasteiger partial charge is 0.484 e. The Balaban J connectivity index is 1.53. The highest BCUT2D eigenvalue weighted by Crippen LogP contribution is 2.51. The van der Waals surface area contributed by atoms with E-state index in [4.69, 9.17) is 9.47 Å². The van der Waals surface area contributed by atoms with Crippen LogP contribution >= 0.6 is 11.8 Å². The molecule has 2 aromatic rings. The molecule has 0 bridgehead atoms. The third-order valence-corrected chi connectivity index (χ3v) is 6.49. The fraction of sp³-hybridized carbons (Fsp3) is 0.292. The first-order valence-corrected chi connectivity index (χ1v) is 11.6. The van der Waals surface area contributed by atoms with Crippen LogP contribution in [0.1, 0.15) is 26.3 Å². The lowest BCUT2D eigenvalue weighted by Gasteiger charge is -2.42. The number of ether oxygens (including phenoxy) is 2. The Morgan fingerprint density at radius 1 is 1.11 bits per heavy atom. The van der Waals surface area contributed by atoms with E-state index in [1.165, 1.54) is 40.9 Å². The maximum absolute atomic E-state index is 13.0. The molecular formula is C24H23N3O7S. The van der Waals surface area contributed by atoms with Gasteiger partial charge in [-0.15, -0.1) is 0 Å². The molecule has 35 heavy (non-hydrogen) atoms. The van der Waals surface area contributed by atoms with Gasteiger partial charge in [0.25, 0.3) is 17.5 Å². The number of benzene rings is 2. The van der Waals surface area contributed by atoms with Crippen molar-refractivity contribution in [2.24, 2.45) is 0 Å². The Hall–Kier alpha value is -3.86. The Labute approximate surface area is 205 Å². The summed E-state index contributed by atoms with van der Waals surface area (Å²) in [7, 11) is 0. The van der Waals surface area contributed by atoms with E-state index in [1.807, 2.05) is 6.07 Å². The van der Waals surface area contributed by atoms with E-state index in [2.05, 4.69) is 5.32 Å². The minimum Gasteiger partial charge on any atom is -0.484 e. The fourth-order valence-corrected chi connectivity index (χ4v) is 5.02. The molecule has 11 heteroatoms. The Morgan fingerprint density at radius 3 is 2.37 bits per heavy atom. The zero-order valence-corrected chi connectivity index (χ0v) is 20.0. The summed E-state index contributed by atoms with van der Waals surface area (Å²) in [5.41, 5.74) is -0.316. The molecule has 2 aliphatic heterocycles. The van der Waals surface area contributed by atoms with Crippen molar-refractivity contribution in [2.45, 2.75) is 37.8 Å². The molecular weight excluding hydrogens is 474 g/mol. The fourth-order valence-electron chi connectivity index (χ4n) is 3.58. The standard InChI is InChI=1S/C24H23N3O7S/c1-24(2,3)34-23(30)19-20(14-9-11-15(12-10-14)27(31)32)35-22-18(21(29)26(19)22)25-17(28)13-33-16-7-5-4-6-8-16/h4-12,18,22H,13H2,1-3H3,(H,25,28)/t18-,22+/m1/s1. The van der Waals surface area contributed by atoms with E-state index >= 15 is 0 Å². The third-order valence-electron chi connectivity index (χ3n) is 5.10. The van der Waals surface area contributed by atoms with Crippen molar-refractivity contribution < 1.29 is 28.8 Å². The van der Waals surface area contributed by atoms with Crippen molar-refractivity contribution in [3.63, 3.8) is 0 Å². The summed E-state index contributed by atoms with van der Waals surface area (Å²) in [4.78, 5) is 50.7. The van der Waals surface area contributed by atoms with E-state index in [0.717, 1.165) is 0 Å². The summed E-state index contributed by atoms with van der Waals surface area (Å²) in [6, 6.07) is 13.6. The summed E-state index contributed by atoms with van der Waals surface area (Å²) in [6.45, 7) is 4.87. The number of carbonyl (C=O) groups excluding carboxylic acids is 3. The van der Waals surface area contributed by atoms with E-state index < -0.39 is 39.7 Å². The van der Waals surface area contributed by atoms with Crippen LogP contribution < -0.4 is 10.1 Å². The van der Waals surface area contributed by atoms with Crippen LogP contribution in [-0.4, -0.2) is 51.2 Å². The van der Waals surface area contributed by atoms with E-state index in [0.29, 0.717) is 16.2 Å². The number of hydrogen-bond donors (Lipinski definition) is 1. The van der Waals surface area contributed by atoms with Gasteiger partial charge in [0.2, 0.25) is 0 Å². The number of nitro benzene ring substituents is 1. The minimum atomic E-state index is -0.861. The SMILES string of the molecule is CC(C)(C)OC(=O)C1=C(c2ccc([N+](=O)[O-])cc2)S[C@H]2[C@H](NC(=O)COc3ccccc3)C(=O)N12. The lowest BCUT2D eigenvalue weighted by atomic mass is 10.0. The Bertz CT molecular complexity index is 1210. The lowest BCUT2D eigenvalue weighted by molar-refractivity contribution is -0.384. The predicted octanol–water partition coefficient (Wildman–Crippen LogP) is 3.08. The summed E-state index contributed by atoms with van der Waals surface area (Å²) >= 11 is 1.22. The van der Waals surface area contributed by atoms with Gasteiger partial charge in [-0.3, -0.25) is 24.6 Å². The molecule has 0 saturated carbocycles. The molecule has 182 valence electrons. The van der Waals surface area contributed by atoms with Crippen molar-refractivity contribution in [3.05, 3.63) is 76.0 Å². The van der Waals surface area contributed by atoms with Gasteiger partial charge in [0.05, 0.1) is 4.92 Å². The molecule has 1 saturated heterocycles. The van der Waals surface area contributed by atoms with Crippen LogP contribution in [0.5, 0.6) is 5.75 Å². The summed E-state index contributed by atoms with van der Waals surface area (Å²) < 4.78 is 11.0. The zero-order chi connectivity index (χ0) is 25.3. The quantitative estimate of drug-likeness (QED) is 0.268. The smallest absolute Gasteiger partial charge is 0.356 e. The molecule has 4 rings (SSSR count). The van der Waals surface area contributed by atoms with Crippen LogP contribution in [0.25, 0.3) is 4.91 Å². The van der Waals surface area contributed by atoms with Crippen molar-refractivity contribution in [1.82, 2.24) is 10.2 Å². The number of esters is 1. The number of amides is 2. The number of hydrogen-bond acceptors (Lipinski definition) is 8. The minimum absolute atomic E-state index is 0.0554. The Morgan fingerprint density at radius 2 is 1.77 bits per heavy atom. The van der Waals surface area contributed by atoms with Gasteiger partial charge in [-0.25, -0.2) is 4.79 Å². The molecule has 0 aromatic heterocycles. The monoisotopic (exact) mass is 497 g/mol.